The highest BCUT2D eigenvalue weighted by Gasteiger charge is 2.26. The maximum absolute atomic E-state index is 11.5. The Bertz CT molecular complexity index is 248. The van der Waals surface area contributed by atoms with Gasteiger partial charge in [-0.1, -0.05) is 12.2 Å². The van der Waals surface area contributed by atoms with Crippen LogP contribution in [0.1, 0.15) is 32.6 Å². The molecule has 3 heteroatoms. The van der Waals surface area contributed by atoms with E-state index >= 15 is 0 Å². The smallest absolute Gasteiger partial charge is 0.307 e. The van der Waals surface area contributed by atoms with Gasteiger partial charge < -0.3 is 9.64 Å². The topological polar surface area (TPSA) is 29.5 Å². The molecule has 0 aromatic heterocycles. The number of allylic oxidation sites excluding steroid dienone is 2. The first-order valence-electron chi connectivity index (χ1n) is 6.12. The fourth-order valence-corrected chi connectivity index (χ4v) is 2.33. The molecule has 0 fully saturated rings. The van der Waals surface area contributed by atoms with Crippen molar-refractivity contribution >= 4 is 5.97 Å². The number of carbonyl (C=O) groups is 1. The minimum Gasteiger partial charge on any atom is -0.466 e. The molecule has 0 aliphatic heterocycles. The van der Waals surface area contributed by atoms with Crippen molar-refractivity contribution in [2.45, 2.75) is 38.6 Å². The summed E-state index contributed by atoms with van der Waals surface area (Å²) in [5, 5.41) is 0. The molecule has 0 amide bonds. The van der Waals surface area contributed by atoms with Crippen molar-refractivity contribution in [2.24, 2.45) is 5.92 Å². The van der Waals surface area contributed by atoms with Crippen LogP contribution < -0.4 is 0 Å². The summed E-state index contributed by atoms with van der Waals surface area (Å²) in [5.74, 6) is 0.514. The summed E-state index contributed by atoms with van der Waals surface area (Å²) in [6.45, 7) is 2.33. The standard InChI is InChI=1S/C13H23NO2/c1-4-16-13(15)10-12(14(2)3)11-8-6-5-7-9-11/h5-6,11-12H,4,7-10H2,1-3H3. The van der Waals surface area contributed by atoms with Crippen molar-refractivity contribution < 1.29 is 9.53 Å². The number of esters is 1. The fraction of sp³-hybridized carbons (Fsp3) is 0.769. The Balaban J connectivity index is 2.53. The molecule has 0 heterocycles. The molecule has 0 saturated heterocycles. The van der Waals surface area contributed by atoms with E-state index in [-0.39, 0.29) is 5.97 Å². The zero-order valence-corrected chi connectivity index (χ0v) is 10.6. The predicted octanol–water partition coefficient (Wildman–Crippen LogP) is 2.23. The van der Waals surface area contributed by atoms with E-state index in [9.17, 15) is 4.79 Å². The van der Waals surface area contributed by atoms with Crippen LogP contribution in [0.3, 0.4) is 0 Å². The Morgan fingerprint density at radius 2 is 2.25 bits per heavy atom. The largest absolute Gasteiger partial charge is 0.466 e. The van der Waals surface area contributed by atoms with Crippen molar-refractivity contribution in [3.8, 4) is 0 Å². The molecule has 0 bridgehead atoms. The first-order chi connectivity index (χ1) is 7.65. The molecule has 0 saturated carbocycles. The molecule has 0 aromatic rings. The van der Waals surface area contributed by atoms with Gasteiger partial charge in [0.2, 0.25) is 0 Å². The number of hydrogen-bond donors (Lipinski definition) is 0. The zero-order valence-electron chi connectivity index (χ0n) is 10.6. The molecular weight excluding hydrogens is 202 g/mol. The highest BCUT2D eigenvalue weighted by atomic mass is 16.5. The van der Waals surface area contributed by atoms with Gasteiger partial charge in [-0.25, -0.2) is 0 Å². The second-order valence-electron chi connectivity index (χ2n) is 4.58. The average molecular weight is 225 g/mol. The van der Waals surface area contributed by atoms with Gasteiger partial charge in [-0.2, -0.15) is 0 Å². The Morgan fingerprint density at radius 1 is 1.50 bits per heavy atom. The normalized spacial score (nSPS) is 22.1. The average Bonchev–Trinajstić information content (AvgIpc) is 2.27. The van der Waals surface area contributed by atoms with Gasteiger partial charge in [0.15, 0.2) is 0 Å². The molecule has 0 spiro atoms. The molecule has 0 aromatic carbocycles. The number of rotatable bonds is 5. The predicted molar refractivity (Wildman–Crippen MR) is 65.2 cm³/mol. The van der Waals surface area contributed by atoms with Gasteiger partial charge in [0, 0.05) is 6.04 Å². The third-order valence-electron chi connectivity index (χ3n) is 3.20. The van der Waals surface area contributed by atoms with Crippen molar-refractivity contribution in [3.05, 3.63) is 12.2 Å². The van der Waals surface area contributed by atoms with Crippen molar-refractivity contribution in [1.29, 1.82) is 0 Å². The Hall–Kier alpha value is -0.830. The highest BCUT2D eigenvalue weighted by Crippen LogP contribution is 2.26. The number of nitrogens with zero attached hydrogens (tertiary/aromatic N) is 1. The number of carbonyl (C=O) groups excluding carboxylic acids is 1. The Kier molecular flexibility index (Phi) is 5.53. The summed E-state index contributed by atoms with van der Waals surface area (Å²) < 4.78 is 5.03. The Morgan fingerprint density at radius 3 is 2.75 bits per heavy atom. The van der Waals surface area contributed by atoms with E-state index in [0.717, 1.165) is 12.8 Å². The maximum atomic E-state index is 11.5. The molecule has 1 aliphatic carbocycles. The summed E-state index contributed by atoms with van der Waals surface area (Å²) in [7, 11) is 4.09. The minimum absolute atomic E-state index is 0.0734. The lowest BCUT2D eigenvalue weighted by atomic mass is 9.85. The molecule has 16 heavy (non-hydrogen) atoms. The first kappa shape index (κ1) is 13.2. The summed E-state index contributed by atoms with van der Waals surface area (Å²) in [4.78, 5) is 13.7. The van der Waals surface area contributed by atoms with Gasteiger partial charge in [-0.15, -0.1) is 0 Å². The Labute approximate surface area is 98.5 Å². The van der Waals surface area contributed by atoms with Crippen LogP contribution in [0, 0.1) is 5.92 Å². The molecule has 1 aliphatic rings. The summed E-state index contributed by atoms with van der Waals surface area (Å²) in [6, 6.07) is 0.309. The van der Waals surface area contributed by atoms with E-state index in [4.69, 9.17) is 4.74 Å². The lowest BCUT2D eigenvalue weighted by Gasteiger charge is -2.32. The molecule has 3 nitrogen and oxygen atoms in total. The second kappa shape index (κ2) is 6.69. The molecule has 2 unspecified atom stereocenters. The second-order valence-corrected chi connectivity index (χ2v) is 4.58. The highest BCUT2D eigenvalue weighted by molar-refractivity contribution is 5.70. The minimum atomic E-state index is -0.0734. The summed E-state index contributed by atoms with van der Waals surface area (Å²) in [6.07, 6.45) is 8.38. The van der Waals surface area contributed by atoms with Crippen LogP contribution in [-0.4, -0.2) is 37.6 Å². The number of ether oxygens (including phenoxy) is 1. The summed E-state index contributed by atoms with van der Waals surface area (Å²) >= 11 is 0. The monoisotopic (exact) mass is 225 g/mol. The van der Waals surface area contributed by atoms with Gasteiger partial charge in [0.05, 0.1) is 13.0 Å². The molecular formula is C13H23NO2. The lowest BCUT2D eigenvalue weighted by Crippen LogP contribution is -2.38. The SMILES string of the molecule is CCOC(=O)CC(C1CC=CCC1)N(C)C. The number of hydrogen-bond acceptors (Lipinski definition) is 3. The summed E-state index contributed by atoms with van der Waals surface area (Å²) in [5.41, 5.74) is 0. The van der Waals surface area contributed by atoms with Crippen LogP contribution in [-0.2, 0) is 9.53 Å². The van der Waals surface area contributed by atoms with Crippen LogP contribution in [0.5, 0.6) is 0 Å². The quantitative estimate of drug-likeness (QED) is 0.531. The van der Waals surface area contributed by atoms with Gasteiger partial charge in [0.1, 0.15) is 0 Å². The third-order valence-corrected chi connectivity index (χ3v) is 3.20. The fourth-order valence-electron chi connectivity index (χ4n) is 2.33. The zero-order chi connectivity index (χ0) is 12.0. The lowest BCUT2D eigenvalue weighted by molar-refractivity contribution is -0.144. The van der Waals surface area contributed by atoms with E-state index in [0.29, 0.717) is 25.0 Å². The van der Waals surface area contributed by atoms with Crippen molar-refractivity contribution in [2.75, 3.05) is 20.7 Å². The molecule has 2 atom stereocenters. The van der Waals surface area contributed by atoms with E-state index in [1.54, 1.807) is 0 Å². The molecule has 0 radical (unpaired) electrons. The van der Waals surface area contributed by atoms with Crippen LogP contribution in [0.15, 0.2) is 12.2 Å². The molecule has 0 N–H and O–H groups in total. The first-order valence-corrected chi connectivity index (χ1v) is 6.12. The van der Waals surface area contributed by atoms with Crippen LogP contribution in [0.25, 0.3) is 0 Å². The van der Waals surface area contributed by atoms with Crippen LogP contribution in [0.4, 0.5) is 0 Å². The van der Waals surface area contributed by atoms with E-state index < -0.39 is 0 Å². The maximum Gasteiger partial charge on any atom is 0.307 e. The van der Waals surface area contributed by atoms with Gasteiger partial charge in [-0.3, -0.25) is 4.79 Å². The van der Waals surface area contributed by atoms with Crippen molar-refractivity contribution in [1.82, 2.24) is 4.90 Å². The third kappa shape index (κ3) is 3.97. The van der Waals surface area contributed by atoms with Crippen LogP contribution >= 0.6 is 0 Å². The van der Waals surface area contributed by atoms with E-state index in [1.165, 1.54) is 6.42 Å². The van der Waals surface area contributed by atoms with Gasteiger partial charge in [-0.05, 0) is 46.2 Å². The van der Waals surface area contributed by atoms with Crippen molar-refractivity contribution in [3.63, 3.8) is 0 Å². The molecule has 92 valence electrons. The van der Waals surface area contributed by atoms with Gasteiger partial charge in [0.25, 0.3) is 0 Å². The van der Waals surface area contributed by atoms with E-state index in [1.807, 2.05) is 21.0 Å². The molecule has 1 rings (SSSR count). The van der Waals surface area contributed by atoms with E-state index in [2.05, 4.69) is 17.1 Å². The van der Waals surface area contributed by atoms with Crippen LogP contribution in [0.2, 0.25) is 0 Å². The van der Waals surface area contributed by atoms with Gasteiger partial charge >= 0.3 is 5.97 Å².